The second-order valence-electron chi connectivity index (χ2n) is 5.05. The van der Waals surface area contributed by atoms with Crippen LogP contribution >= 0.6 is 0 Å². The van der Waals surface area contributed by atoms with Crippen LogP contribution in [0.3, 0.4) is 0 Å². The maximum Gasteiger partial charge on any atom is 0.329 e. The Hall–Kier alpha value is -2.22. The van der Waals surface area contributed by atoms with Crippen LogP contribution in [-0.4, -0.2) is 47.3 Å². The third-order valence-corrected chi connectivity index (χ3v) is 3.05. The van der Waals surface area contributed by atoms with E-state index >= 15 is 0 Å². The van der Waals surface area contributed by atoms with Crippen LogP contribution in [0.5, 0.6) is 0 Å². The number of carbonyl (C=O) groups excluding carboxylic acids is 1. The number of rotatable bonds is 4. The number of aliphatic carboxylic acids is 1. The molecule has 0 aromatic heterocycles. The number of carboxylic acids is 1. The molecule has 0 atom stereocenters. The lowest BCUT2D eigenvalue weighted by Gasteiger charge is -2.46. The molecule has 0 unspecified atom stereocenters. The van der Waals surface area contributed by atoms with E-state index in [-0.39, 0.29) is 18.8 Å². The minimum Gasteiger partial charge on any atom is -0.480 e. The zero-order chi connectivity index (χ0) is 15.6. The van der Waals surface area contributed by atoms with Crippen molar-refractivity contribution in [3.05, 3.63) is 29.8 Å². The largest absolute Gasteiger partial charge is 0.480 e. The van der Waals surface area contributed by atoms with Crippen LogP contribution in [0, 0.1) is 11.6 Å². The summed E-state index contributed by atoms with van der Waals surface area (Å²) >= 11 is 0. The van der Waals surface area contributed by atoms with Crippen LogP contribution < -0.4 is 5.32 Å². The quantitative estimate of drug-likeness (QED) is 0.886. The number of hydrogen-bond donors (Lipinski definition) is 2. The molecular weight excluding hydrogens is 286 g/mol. The van der Waals surface area contributed by atoms with Gasteiger partial charge in [-0.1, -0.05) is 0 Å². The molecular formula is C13H14F2N2O4. The Balaban J connectivity index is 1.86. The van der Waals surface area contributed by atoms with E-state index in [2.05, 4.69) is 5.32 Å². The number of hydrogen-bond acceptors (Lipinski definition) is 3. The van der Waals surface area contributed by atoms with Gasteiger partial charge in [0.05, 0.1) is 13.1 Å². The van der Waals surface area contributed by atoms with E-state index in [0.29, 0.717) is 0 Å². The monoisotopic (exact) mass is 300 g/mol. The van der Waals surface area contributed by atoms with Crippen molar-refractivity contribution in [3.8, 4) is 0 Å². The van der Waals surface area contributed by atoms with Crippen molar-refractivity contribution in [3.63, 3.8) is 0 Å². The first-order chi connectivity index (χ1) is 9.79. The summed E-state index contributed by atoms with van der Waals surface area (Å²) in [5.41, 5.74) is -0.567. The summed E-state index contributed by atoms with van der Waals surface area (Å²) in [7, 11) is 0. The first kappa shape index (κ1) is 15.2. The zero-order valence-electron chi connectivity index (χ0n) is 11.2. The Morgan fingerprint density at radius 2 is 2.05 bits per heavy atom. The molecule has 1 aliphatic rings. The molecule has 0 bridgehead atoms. The van der Waals surface area contributed by atoms with E-state index in [9.17, 15) is 18.4 Å². The third kappa shape index (κ3) is 3.66. The molecule has 0 aliphatic carbocycles. The summed E-state index contributed by atoms with van der Waals surface area (Å²) < 4.78 is 30.9. The maximum absolute atomic E-state index is 13.0. The molecule has 1 fully saturated rings. The lowest BCUT2D eigenvalue weighted by atomic mass is 9.97. The van der Waals surface area contributed by atoms with Crippen molar-refractivity contribution >= 4 is 17.7 Å². The fourth-order valence-electron chi connectivity index (χ4n) is 2.01. The van der Waals surface area contributed by atoms with E-state index in [4.69, 9.17) is 9.84 Å². The smallest absolute Gasteiger partial charge is 0.329 e. The summed E-state index contributed by atoms with van der Waals surface area (Å²) in [6, 6.07) is 2.56. The second-order valence-corrected chi connectivity index (χ2v) is 5.05. The highest BCUT2D eigenvalue weighted by Gasteiger charge is 2.42. The van der Waals surface area contributed by atoms with Crippen LogP contribution in [0.15, 0.2) is 18.2 Å². The van der Waals surface area contributed by atoms with E-state index in [0.717, 1.165) is 12.1 Å². The number of carbonyl (C=O) groups is 2. The third-order valence-electron chi connectivity index (χ3n) is 3.05. The Morgan fingerprint density at radius 1 is 1.38 bits per heavy atom. The highest BCUT2D eigenvalue weighted by Crippen LogP contribution is 2.25. The molecule has 114 valence electrons. The molecule has 8 heteroatoms. The highest BCUT2D eigenvalue weighted by molar-refractivity contribution is 5.90. The Morgan fingerprint density at radius 3 is 2.62 bits per heavy atom. The van der Waals surface area contributed by atoms with Crippen LogP contribution in [0.25, 0.3) is 0 Å². The SMILES string of the molecule is CC1(OCC(=O)O)CN(C(=O)Nc2ccc(F)c(F)c2)C1. The van der Waals surface area contributed by atoms with Gasteiger partial charge in [-0.25, -0.2) is 18.4 Å². The molecule has 1 aromatic carbocycles. The topological polar surface area (TPSA) is 78.9 Å². The number of halogens is 2. The average Bonchev–Trinajstić information content (AvgIpc) is 2.37. The summed E-state index contributed by atoms with van der Waals surface area (Å²) in [4.78, 5) is 23.6. The predicted molar refractivity (Wildman–Crippen MR) is 68.9 cm³/mol. The number of anilines is 1. The Bertz CT molecular complexity index is 573. The van der Waals surface area contributed by atoms with E-state index < -0.39 is 35.8 Å². The lowest BCUT2D eigenvalue weighted by Crippen LogP contribution is -2.64. The highest BCUT2D eigenvalue weighted by atomic mass is 19.2. The van der Waals surface area contributed by atoms with Gasteiger partial charge in [-0.15, -0.1) is 0 Å². The van der Waals surface area contributed by atoms with Gasteiger partial charge >= 0.3 is 12.0 Å². The molecule has 0 radical (unpaired) electrons. The normalized spacial score (nSPS) is 16.2. The summed E-state index contributed by atoms with van der Waals surface area (Å²) in [5.74, 6) is -3.13. The molecule has 2 rings (SSSR count). The molecule has 1 aliphatic heterocycles. The number of nitrogens with one attached hydrogen (secondary N) is 1. The van der Waals surface area contributed by atoms with Gasteiger partial charge in [0.2, 0.25) is 0 Å². The molecule has 2 amide bonds. The van der Waals surface area contributed by atoms with Crippen molar-refractivity contribution in [1.82, 2.24) is 4.90 Å². The number of carboxylic acid groups (broad SMARTS) is 1. The van der Waals surface area contributed by atoms with Gasteiger partial charge in [-0.2, -0.15) is 0 Å². The maximum atomic E-state index is 13.0. The molecule has 0 spiro atoms. The molecule has 2 N–H and O–H groups in total. The van der Waals surface area contributed by atoms with Crippen LogP contribution in [0.1, 0.15) is 6.92 Å². The van der Waals surface area contributed by atoms with E-state index in [1.807, 2.05) is 0 Å². The minimum absolute atomic E-state index is 0.138. The first-order valence-electron chi connectivity index (χ1n) is 6.16. The standard InChI is InChI=1S/C13H14F2N2O4/c1-13(21-5-11(18)19)6-17(7-13)12(20)16-8-2-3-9(14)10(15)4-8/h2-4H,5-7H2,1H3,(H,16,20)(H,18,19). The van der Waals surface area contributed by atoms with Crippen molar-refractivity contribution in [2.75, 3.05) is 25.0 Å². The number of amides is 2. The number of ether oxygens (including phenoxy) is 1. The van der Waals surface area contributed by atoms with E-state index in [1.165, 1.54) is 11.0 Å². The second kappa shape index (κ2) is 5.65. The molecule has 6 nitrogen and oxygen atoms in total. The molecule has 1 saturated heterocycles. The number of nitrogens with zero attached hydrogens (tertiary/aromatic N) is 1. The van der Waals surface area contributed by atoms with Crippen molar-refractivity contribution in [2.45, 2.75) is 12.5 Å². The zero-order valence-corrected chi connectivity index (χ0v) is 11.2. The molecule has 1 aromatic rings. The molecule has 21 heavy (non-hydrogen) atoms. The fourth-order valence-corrected chi connectivity index (χ4v) is 2.01. The minimum atomic E-state index is -1.08. The molecule has 0 saturated carbocycles. The summed E-state index contributed by atoms with van der Waals surface area (Å²) in [6.07, 6.45) is 0. The fraction of sp³-hybridized carbons (Fsp3) is 0.385. The van der Waals surface area contributed by atoms with Gasteiger partial charge in [0, 0.05) is 11.8 Å². The Kier molecular flexibility index (Phi) is 4.08. The Labute approximate surface area is 119 Å². The summed E-state index contributed by atoms with van der Waals surface area (Å²) in [6.45, 7) is 1.69. The van der Waals surface area contributed by atoms with Crippen molar-refractivity contribution in [2.24, 2.45) is 0 Å². The first-order valence-corrected chi connectivity index (χ1v) is 6.16. The van der Waals surface area contributed by atoms with Gasteiger partial charge in [-0.3, -0.25) is 0 Å². The number of benzene rings is 1. The van der Waals surface area contributed by atoms with Crippen LogP contribution in [0.4, 0.5) is 19.3 Å². The van der Waals surface area contributed by atoms with Gasteiger partial charge in [0.15, 0.2) is 11.6 Å². The predicted octanol–water partition coefficient (Wildman–Crippen LogP) is 1.67. The van der Waals surface area contributed by atoms with E-state index in [1.54, 1.807) is 6.92 Å². The van der Waals surface area contributed by atoms with Gasteiger partial charge in [0.25, 0.3) is 0 Å². The number of likely N-dealkylation sites (tertiary alicyclic amines) is 1. The number of urea groups is 1. The summed E-state index contributed by atoms with van der Waals surface area (Å²) in [5, 5.41) is 11.0. The van der Waals surface area contributed by atoms with Gasteiger partial charge < -0.3 is 20.1 Å². The van der Waals surface area contributed by atoms with Gasteiger partial charge in [0.1, 0.15) is 12.2 Å². The van der Waals surface area contributed by atoms with Gasteiger partial charge in [-0.05, 0) is 19.1 Å². The average molecular weight is 300 g/mol. The van der Waals surface area contributed by atoms with Crippen LogP contribution in [-0.2, 0) is 9.53 Å². The van der Waals surface area contributed by atoms with Crippen molar-refractivity contribution < 1.29 is 28.2 Å². The van der Waals surface area contributed by atoms with Crippen molar-refractivity contribution in [1.29, 1.82) is 0 Å². The molecule has 1 heterocycles. The lowest BCUT2D eigenvalue weighted by molar-refractivity contribution is -0.159. The van der Waals surface area contributed by atoms with Crippen LogP contribution in [0.2, 0.25) is 0 Å².